The fourth-order valence-electron chi connectivity index (χ4n) is 4.21. The topological polar surface area (TPSA) is 186 Å². The second kappa shape index (κ2) is 11.7. The predicted molar refractivity (Wildman–Crippen MR) is 124 cm³/mol. The molecular formula is C22H33N5O7. The van der Waals surface area contributed by atoms with Crippen LogP contribution in [-0.4, -0.2) is 89.9 Å². The minimum absolute atomic E-state index is 0.0154. The lowest BCUT2D eigenvalue weighted by Gasteiger charge is -2.45. The predicted octanol–water partition coefficient (Wildman–Crippen LogP) is -0.0792. The summed E-state index contributed by atoms with van der Waals surface area (Å²) < 4.78 is 1.56. The third kappa shape index (κ3) is 6.09. The first kappa shape index (κ1) is 26.0. The van der Waals surface area contributed by atoms with Gasteiger partial charge < -0.3 is 36.2 Å². The second-order valence-electron chi connectivity index (χ2n) is 8.70. The van der Waals surface area contributed by atoms with Crippen molar-refractivity contribution >= 4 is 11.4 Å². The molecule has 1 saturated carbocycles. The van der Waals surface area contributed by atoms with Gasteiger partial charge in [-0.1, -0.05) is 12.8 Å². The molecule has 12 nitrogen and oxygen atoms in total. The molecule has 1 fully saturated rings. The summed E-state index contributed by atoms with van der Waals surface area (Å²) in [7, 11) is 0. The summed E-state index contributed by atoms with van der Waals surface area (Å²) in [5, 5.41) is 71.3. The monoisotopic (exact) mass is 479 g/mol. The molecule has 2 aromatic rings. The summed E-state index contributed by atoms with van der Waals surface area (Å²) in [5.41, 5.74) is -0.817. The summed E-state index contributed by atoms with van der Waals surface area (Å²) in [6, 6.07) is 6.01. The molecule has 0 amide bonds. The highest BCUT2D eigenvalue weighted by Gasteiger charge is 2.50. The van der Waals surface area contributed by atoms with E-state index in [-0.39, 0.29) is 12.1 Å². The number of nitro groups is 1. The van der Waals surface area contributed by atoms with Gasteiger partial charge in [-0.2, -0.15) is 5.10 Å². The third-order valence-electron chi connectivity index (χ3n) is 6.26. The molecule has 7 N–H and O–H groups in total. The Kier molecular flexibility index (Phi) is 8.94. The van der Waals surface area contributed by atoms with Gasteiger partial charge in [-0.3, -0.25) is 10.1 Å². The van der Waals surface area contributed by atoms with Gasteiger partial charge in [0.2, 0.25) is 0 Å². The van der Waals surface area contributed by atoms with Crippen LogP contribution in [0.15, 0.2) is 36.7 Å². The Bertz CT molecular complexity index is 928. The maximum absolute atomic E-state index is 11.5. The first-order chi connectivity index (χ1) is 16.3. The SMILES string of the molecule is O=[N+]([O-])c1cc(-n2cccn2)ccc1NCCCCCCN[C@H]1C[C@](O)(CO)[C@@H](O)[C@H](O)[C@H]1O. The number of nitrogens with one attached hydrogen (secondary N) is 2. The van der Waals surface area contributed by atoms with Crippen molar-refractivity contribution < 1.29 is 30.5 Å². The Balaban J connectivity index is 1.37. The van der Waals surface area contributed by atoms with Gasteiger partial charge in [-0.15, -0.1) is 0 Å². The van der Waals surface area contributed by atoms with Gasteiger partial charge in [0.1, 0.15) is 23.5 Å². The Morgan fingerprint density at radius 3 is 2.53 bits per heavy atom. The number of benzene rings is 1. The largest absolute Gasteiger partial charge is 0.393 e. The normalized spacial score (nSPS) is 27.0. The zero-order valence-electron chi connectivity index (χ0n) is 18.8. The number of hydrogen-bond acceptors (Lipinski definition) is 10. The minimum atomic E-state index is -1.86. The molecule has 1 aliphatic carbocycles. The molecule has 0 unspecified atom stereocenters. The van der Waals surface area contributed by atoms with Gasteiger partial charge in [0.25, 0.3) is 5.69 Å². The van der Waals surface area contributed by atoms with E-state index in [0.29, 0.717) is 24.5 Å². The highest BCUT2D eigenvalue weighted by molar-refractivity contribution is 5.65. The van der Waals surface area contributed by atoms with E-state index in [1.165, 1.54) is 6.07 Å². The number of aromatic nitrogens is 2. The van der Waals surface area contributed by atoms with Crippen molar-refractivity contribution in [1.82, 2.24) is 15.1 Å². The minimum Gasteiger partial charge on any atom is -0.393 e. The number of nitrogens with zero attached hydrogens (tertiary/aromatic N) is 3. The summed E-state index contributed by atoms with van der Waals surface area (Å²) in [6.45, 7) is 0.386. The van der Waals surface area contributed by atoms with E-state index in [9.17, 15) is 35.6 Å². The third-order valence-corrected chi connectivity index (χ3v) is 6.26. The van der Waals surface area contributed by atoms with E-state index in [1.807, 2.05) is 0 Å². The van der Waals surface area contributed by atoms with Crippen molar-refractivity contribution in [2.75, 3.05) is 25.0 Å². The van der Waals surface area contributed by atoms with Crippen LogP contribution < -0.4 is 10.6 Å². The van der Waals surface area contributed by atoms with E-state index >= 15 is 0 Å². The molecule has 12 heteroatoms. The smallest absolute Gasteiger partial charge is 0.294 e. The molecule has 0 bridgehead atoms. The van der Waals surface area contributed by atoms with Crippen LogP contribution in [-0.2, 0) is 0 Å². The first-order valence-corrected chi connectivity index (χ1v) is 11.4. The van der Waals surface area contributed by atoms with Gasteiger partial charge >= 0.3 is 0 Å². The number of unbranched alkanes of at least 4 members (excludes halogenated alkanes) is 3. The average molecular weight is 480 g/mol. The maximum atomic E-state index is 11.5. The summed E-state index contributed by atoms with van der Waals surface area (Å²) >= 11 is 0. The van der Waals surface area contributed by atoms with Crippen molar-refractivity contribution in [2.45, 2.75) is 62.1 Å². The van der Waals surface area contributed by atoms with Crippen molar-refractivity contribution in [3.8, 4) is 5.69 Å². The number of rotatable bonds is 12. The number of aliphatic hydroxyl groups excluding tert-OH is 4. The Morgan fingerprint density at radius 2 is 1.88 bits per heavy atom. The molecule has 1 heterocycles. The summed E-state index contributed by atoms with van der Waals surface area (Å²) in [6.07, 6.45) is 2.16. The standard InChI is InChI=1S/C22H33N5O7/c28-14-22(32)13-17(19(29)20(30)21(22)31)24-9-4-2-1-3-8-23-16-7-6-15(12-18(16)27(33)34)26-11-5-10-25-26/h5-7,10-12,17,19-21,23-24,28-32H,1-4,8-9,13-14H2/t17-,19-,20+,21-,22-/m0/s1. The van der Waals surface area contributed by atoms with Crippen molar-refractivity contribution in [2.24, 2.45) is 0 Å². The quantitative estimate of drug-likeness (QED) is 0.123. The molecule has 5 atom stereocenters. The van der Waals surface area contributed by atoms with Crippen LogP contribution in [0.5, 0.6) is 0 Å². The molecule has 0 spiro atoms. The maximum Gasteiger partial charge on any atom is 0.294 e. The molecular weight excluding hydrogens is 446 g/mol. The Labute approximate surface area is 197 Å². The molecule has 0 radical (unpaired) electrons. The van der Waals surface area contributed by atoms with Gasteiger partial charge in [0, 0.05) is 31.0 Å². The molecule has 3 rings (SSSR count). The number of nitro benzene ring substituents is 1. The second-order valence-corrected chi connectivity index (χ2v) is 8.70. The Hall–Kier alpha value is -2.61. The zero-order chi connectivity index (χ0) is 24.7. The summed E-state index contributed by atoms with van der Waals surface area (Å²) in [4.78, 5) is 11.0. The van der Waals surface area contributed by atoms with E-state index in [2.05, 4.69) is 15.7 Å². The number of anilines is 1. The zero-order valence-corrected chi connectivity index (χ0v) is 18.8. The van der Waals surface area contributed by atoms with Crippen LogP contribution in [0.3, 0.4) is 0 Å². The lowest BCUT2D eigenvalue weighted by atomic mass is 9.76. The highest BCUT2D eigenvalue weighted by atomic mass is 16.6. The van der Waals surface area contributed by atoms with Crippen LogP contribution in [0.1, 0.15) is 32.1 Å². The van der Waals surface area contributed by atoms with Crippen molar-refractivity contribution in [1.29, 1.82) is 0 Å². The van der Waals surface area contributed by atoms with Gasteiger partial charge in [-0.25, -0.2) is 4.68 Å². The van der Waals surface area contributed by atoms with E-state index in [4.69, 9.17) is 0 Å². The fraction of sp³-hybridized carbons (Fsp3) is 0.591. The van der Waals surface area contributed by atoms with Crippen LogP contribution in [0.2, 0.25) is 0 Å². The number of aliphatic hydroxyl groups is 5. The van der Waals surface area contributed by atoms with Crippen LogP contribution in [0, 0.1) is 10.1 Å². The Morgan fingerprint density at radius 1 is 1.15 bits per heavy atom. The lowest BCUT2D eigenvalue weighted by molar-refractivity contribution is -0.383. The van der Waals surface area contributed by atoms with Gasteiger partial charge in [-0.05, 0) is 44.0 Å². The first-order valence-electron chi connectivity index (χ1n) is 11.4. The van der Waals surface area contributed by atoms with E-state index in [0.717, 1.165) is 25.7 Å². The molecule has 34 heavy (non-hydrogen) atoms. The van der Waals surface area contributed by atoms with Gasteiger partial charge in [0.05, 0.1) is 23.3 Å². The molecule has 1 aliphatic rings. The molecule has 0 saturated heterocycles. The average Bonchev–Trinajstić information content (AvgIpc) is 3.37. The highest BCUT2D eigenvalue weighted by Crippen LogP contribution is 2.30. The molecule has 0 aliphatic heterocycles. The fourth-order valence-corrected chi connectivity index (χ4v) is 4.21. The molecule has 1 aromatic heterocycles. The van der Waals surface area contributed by atoms with Crippen LogP contribution >= 0.6 is 0 Å². The molecule has 188 valence electrons. The van der Waals surface area contributed by atoms with E-state index in [1.54, 1.807) is 35.3 Å². The lowest BCUT2D eigenvalue weighted by Crippen LogP contribution is -2.66. The van der Waals surface area contributed by atoms with Crippen LogP contribution in [0.25, 0.3) is 5.69 Å². The van der Waals surface area contributed by atoms with Gasteiger partial charge in [0.15, 0.2) is 0 Å². The van der Waals surface area contributed by atoms with E-state index < -0.39 is 41.5 Å². The summed E-state index contributed by atoms with van der Waals surface area (Å²) in [5.74, 6) is 0. The number of hydrogen-bond donors (Lipinski definition) is 7. The molecule has 1 aromatic carbocycles. The van der Waals surface area contributed by atoms with Crippen molar-refractivity contribution in [3.63, 3.8) is 0 Å². The van der Waals surface area contributed by atoms with Crippen molar-refractivity contribution in [3.05, 3.63) is 46.8 Å². The van der Waals surface area contributed by atoms with Crippen LogP contribution in [0.4, 0.5) is 11.4 Å².